The molecule has 154 valence electrons. The number of halogens is 1. The Morgan fingerprint density at radius 3 is 2.21 bits per heavy atom. The fourth-order valence-corrected chi connectivity index (χ4v) is 3.92. The summed E-state index contributed by atoms with van der Waals surface area (Å²) < 4.78 is 18.8. The monoisotopic (exact) mass is 399 g/mol. The molecule has 0 N–H and O–H groups in total. The summed E-state index contributed by atoms with van der Waals surface area (Å²) in [4.78, 5) is 31.0. The number of furan rings is 1. The van der Waals surface area contributed by atoms with Gasteiger partial charge in [-0.3, -0.25) is 14.5 Å². The number of hydrogen-bond acceptors (Lipinski definition) is 4. The quantitative estimate of drug-likeness (QED) is 0.793. The van der Waals surface area contributed by atoms with Crippen molar-refractivity contribution in [3.8, 4) is 11.3 Å². The van der Waals surface area contributed by atoms with Crippen LogP contribution in [0.15, 0.2) is 40.8 Å². The Labute approximate surface area is 169 Å². The lowest BCUT2D eigenvalue weighted by atomic mass is 10.1. The normalized spacial score (nSPS) is 18.1. The van der Waals surface area contributed by atoms with Crippen LogP contribution in [0.3, 0.4) is 0 Å². The summed E-state index contributed by atoms with van der Waals surface area (Å²) in [5, 5.41) is 0. The van der Waals surface area contributed by atoms with Crippen LogP contribution in [0.5, 0.6) is 0 Å². The molecule has 2 amide bonds. The van der Waals surface area contributed by atoms with Gasteiger partial charge in [0.25, 0.3) is 5.91 Å². The van der Waals surface area contributed by atoms with Crippen molar-refractivity contribution in [3.63, 3.8) is 0 Å². The van der Waals surface area contributed by atoms with Gasteiger partial charge in [-0.25, -0.2) is 4.39 Å². The summed E-state index contributed by atoms with van der Waals surface area (Å²) >= 11 is 0. The van der Waals surface area contributed by atoms with Gasteiger partial charge < -0.3 is 14.2 Å². The molecule has 0 radical (unpaired) electrons. The molecule has 2 aliphatic rings. The molecule has 0 atom stereocenters. The molecule has 2 aliphatic heterocycles. The fourth-order valence-electron chi connectivity index (χ4n) is 3.92. The number of likely N-dealkylation sites (tertiary alicyclic amines) is 1. The number of carbonyl (C=O) groups excluding carboxylic acids is 2. The second-order valence-electron chi connectivity index (χ2n) is 7.68. The van der Waals surface area contributed by atoms with Gasteiger partial charge in [-0.05, 0) is 55.7 Å². The van der Waals surface area contributed by atoms with Gasteiger partial charge in [-0.15, -0.1) is 0 Å². The minimum atomic E-state index is -0.312. The van der Waals surface area contributed by atoms with Crippen molar-refractivity contribution in [3.05, 3.63) is 48.0 Å². The average Bonchev–Trinajstić information content (AvgIpc) is 3.25. The third-order valence-electron chi connectivity index (χ3n) is 5.67. The molecule has 29 heavy (non-hydrogen) atoms. The zero-order valence-corrected chi connectivity index (χ0v) is 16.5. The number of benzene rings is 1. The number of carbonyl (C=O) groups is 2. The van der Waals surface area contributed by atoms with E-state index in [-0.39, 0.29) is 23.4 Å². The van der Waals surface area contributed by atoms with Gasteiger partial charge in [0, 0.05) is 44.8 Å². The highest BCUT2D eigenvalue weighted by Crippen LogP contribution is 2.23. The van der Waals surface area contributed by atoms with Crippen LogP contribution in [0.4, 0.5) is 4.39 Å². The van der Waals surface area contributed by atoms with Crippen LogP contribution in [0.2, 0.25) is 0 Å². The first-order valence-electron chi connectivity index (χ1n) is 10.3. The molecule has 7 heteroatoms. The molecule has 2 fully saturated rings. The maximum Gasteiger partial charge on any atom is 0.289 e. The summed E-state index contributed by atoms with van der Waals surface area (Å²) in [6.45, 7) is 4.65. The van der Waals surface area contributed by atoms with Crippen LogP contribution in [-0.4, -0.2) is 72.3 Å². The van der Waals surface area contributed by atoms with E-state index in [1.54, 1.807) is 29.2 Å². The number of amides is 2. The van der Waals surface area contributed by atoms with Crippen molar-refractivity contribution in [2.24, 2.45) is 0 Å². The Kier molecular flexibility index (Phi) is 5.94. The fraction of sp³-hybridized carbons (Fsp3) is 0.455. The molecule has 0 bridgehead atoms. The number of nitrogens with zero attached hydrogens (tertiary/aromatic N) is 3. The van der Waals surface area contributed by atoms with Gasteiger partial charge in [0.05, 0.1) is 6.54 Å². The smallest absolute Gasteiger partial charge is 0.289 e. The first-order chi connectivity index (χ1) is 14.1. The van der Waals surface area contributed by atoms with E-state index in [1.165, 1.54) is 18.6 Å². The van der Waals surface area contributed by atoms with E-state index in [9.17, 15) is 14.0 Å². The summed E-state index contributed by atoms with van der Waals surface area (Å²) in [7, 11) is 0. The van der Waals surface area contributed by atoms with Gasteiger partial charge in [0.2, 0.25) is 5.91 Å². The second-order valence-corrected chi connectivity index (χ2v) is 7.68. The van der Waals surface area contributed by atoms with Crippen molar-refractivity contribution in [2.45, 2.75) is 19.3 Å². The van der Waals surface area contributed by atoms with Crippen molar-refractivity contribution in [2.75, 3.05) is 45.8 Å². The molecule has 4 rings (SSSR count). The van der Waals surface area contributed by atoms with Crippen LogP contribution < -0.4 is 0 Å². The molecule has 0 unspecified atom stereocenters. The molecule has 3 heterocycles. The summed E-state index contributed by atoms with van der Waals surface area (Å²) in [5.74, 6) is 0.550. The van der Waals surface area contributed by atoms with Crippen LogP contribution >= 0.6 is 0 Å². The topological polar surface area (TPSA) is 57.0 Å². The van der Waals surface area contributed by atoms with E-state index in [2.05, 4.69) is 4.90 Å². The Hall–Kier alpha value is -2.67. The largest absolute Gasteiger partial charge is 0.451 e. The Morgan fingerprint density at radius 2 is 1.52 bits per heavy atom. The summed E-state index contributed by atoms with van der Waals surface area (Å²) in [6, 6.07) is 9.37. The van der Waals surface area contributed by atoms with Crippen molar-refractivity contribution in [1.29, 1.82) is 0 Å². The van der Waals surface area contributed by atoms with Crippen LogP contribution in [0, 0.1) is 5.82 Å². The minimum Gasteiger partial charge on any atom is -0.451 e. The highest BCUT2D eigenvalue weighted by atomic mass is 19.1. The molecule has 0 spiro atoms. The number of hydrogen-bond donors (Lipinski definition) is 0. The molecule has 6 nitrogen and oxygen atoms in total. The number of rotatable bonds is 4. The van der Waals surface area contributed by atoms with E-state index < -0.39 is 0 Å². The number of piperidine rings is 1. The molecule has 0 saturated carbocycles. The highest BCUT2D eigenvalue weighted by molar-refractivity contribution is 5.92. The Bertz CT molecular complexity index is 850. The van der Waals surface area contributed by atoms with E-state index in [0.29, 0.717) is 38.5 Å². The molecular weight excluding hydrogens is 373 g/mol. The molecule has 1 aromatic carbocycles. The predicted molar refractivity (Wildman–Crippen MR) is 107 cm³/mol. The van der Waals surface area contributed by atoms with Gasteiger partial charge in [-0.2, -0.15) is 0 Å². The van der Waals surface area contributed by atoms with E-state index in [0.717, 1.165) is 31.5 Å². The summed E-state index contributed by atoms with van der Waals surface area (Å²) in [5.41, 5.74) is 0.728. The van der Waals surface area contributed by atoms with Gasteiger partial charge >= 0.3 is 0 Å². The van der Waals surface area contributed by atoms with E-state index >= 15 is 0 Å². The maximum atomic E-state index is 13.1. The molecule has 0 aliphatic carbocycles. The van der Waals surface area contributed by atoms with Gasteiger partial charge in [0.1, 0.15) is 11.6 Å². The van der Waals surface area contributed by atoms with Crippen LogP contribution in [0.1, 0.15) is 29.8 Å². The standard InChI is InChI=1S/C22H26FN3O3/c23-18-6-4-17(5-7-18)19-8-9-20(29-19)22(28)26-14-12-24(13-15-26)16-21(27)25-10-2-1-3-11-25/h4-9H,1-3,10-16H2. The van der Waals surface area contributed by atoms with E-state index in [1.807, 2.05) is 4.90 Å². The van der Waals surface area contributed by atoms with Crippen molar-refractivity contribution < 1.29 is 18.4 Å². The average molecular weight is 399 g/mol. The third-order valence-corrected chi connectivity index (χ3v) is 5.67. The lowest BCUT2D eigenvalue weighted by Crippen LogP contribution is -2.52. The molecule has 2 aromatic rings. The lowest BCUT2D eigenvalue weighted by Gasteiger charge is -2.35. The lowest BCUT2D eigenvalue weighted by molar-refractivity contribution is -0.133. The third kappa shape index (κ3) is 4.67. The van der Waals surface area contributed by atoms with Crippen molar-refractivity contribution in [1.82, 2.24) is 14.7 Å². The predicted octanol–water partition coefficient (Wildman–Crippen LogP) is 2.86. The number of piperazine rings is 1. The first kappa shape index (κ1) is 19.6. The van der Waals surface area contributed by atoms with Crippen LogP contribution in [-0.2, 0) is 4.79 Å². The zero-order valence-electron chi connectivity index (χ0n) is 16.5. The highest BCUT2D eigenvalue weighted by Gasteiger charge is 2.26. The summed E-state index contributed by atoms with van der Waals surface area (Å²) in [6.07, 6.45) is 3.40. The van der Waals surface area contributed by atoms with Crippen molar-refractivity contribution >= 4 is 11.8 Å². The van der Waals surface area contributed by atoms with E-state index in [4.69, 9.17) is 4.42 Å². The zero-order chi connectivity index (χ0) is 20.2. The molecule has 2 saturated heterocycles. The minimum absolute atomic E-state index is 0.152. The molecule has 1 aromatic heterocycles. The maximum absolute atomic E-state index is 13.1. The SMILES string of the molecule is O=C(CN1CCN(C(=O)c2ccc(-c3ccc(F)cc3)o2)CC1)N1CCCCC1. The first-order valence-corrected chi connectivity index (χ1v) is 10.3. The Balaban J connectivity index is 1.30. The second kappa shape index (κ2) is 8.78. The van der Waals surface area contributed by atoms with Gasteiger partial charge in [0.15, 0.2) is 5.76 Å². The van der Waals surface area contributed by atoms with Gasteiger partial charge in [-0.1, -0.05) is 0 Å². The molecular formula is C22H26FN3O3. The Morgan fingerprint density at radius 1 is 0.828 bits per heavy atom. The van der Waals surface area contributed by atoms with Crippen LogP contribution in [0.25, 0.3) is 11.3 Å².